The first kappa shape index (κ1) is 15.5. The molecule has 0 unspecified atom stereocenters. The molecular formula is C15H24N2O2S. The van der Waals surface area contributed by atoms with Gasteiger partial charge in [0.2, 0.25) is 10.0 Å². The van der Waals surface area contributed by atoms with Crippen molar-refractivity contribution >= 4 is 10.0 Å². The standard InChI is InChI=1S/C15H24N2O2S/c1-12(2)17(11-13-7-8-13)20(18,19)15-6-4-5-14(9-15)10-16-3/h4-6,9,12-13,16H,7-8,10-11H2,1-3H3. The van der Waals surface area contributed by atoms with Gasteiger partial charge in [0.25, 0.3) is 0 Å². The van der Waals surface area contributed by atoms with E-state index >= 15 is 0 Å². The number of benzene rings is 1. The fourth-order valence-electron chi connectivity index (χ4n) is 2.30. The second-order valence-corrected chi connectivity index (χ2v) is 7.68. The molecular weight excluding hydrogens is 272 g/mol. The van der Waals surface area contributed by atoms with Crippen LogP contribution in [0.2, 0.25) is 0 Å². The third-order valence-corrected chi connectivity index (χ3v) is 5.63. The van der Waals surface area contributed by atoms with Crippen molar-refractivity contribution in [2.45, 2.75) is 44.2 Å². The molecule has 1 saturated carbocycles. The van der Waals surface area contributed by atoms with Crippen LogP contribution in [0, 0.1) is 5.92 Å². The van der Waals surface area contributed by atoms with Gasteiger partial charge in [-0.05, 0) is 57.4 Å². The van der Waals surface area contributed by atoms with E-state index in [2.05, 4.69) is 5.32 Å². The van der Waals surface area contributed by atoms with Crippen molar-refractivity contribution in [2.75, 3.05) is 13.6 Å². The summed E-state index contributed by atoms with van der Waals surface area (Å²) in [5, 5.41) is 3.05. The maximum Gasteiger partial charge on any atom is 0.243 e. The van der Waals surface area contributed by atoms with Gasteiger partial charge in [0.1, 0.15) is 0 Å². The molecule has 20 heavy (non-hydrogen) atoms. The molecule has 112 valence electrons. The Bertz CT molecular complexity index is 551. The van der Waals surface area contributed by atoms with Crippen molar-refractivity contribution in [1.29, 1.82) is 0 Å². The molecule has 1 aromatic carbocycles. The van der Waals surface area contributed by atoms with Gasteiger partial charge < -0.3 is 5.32 Å². The van der Waals surface area contributed by atoms with E-state index in [1.54, 1.807) is 16.4 Å². The Kier molecular flexibility index (Phi) is 4.83. The lowest BCUT2D eigenvalue weighted by molar-refractivity contribution is 0.341. The lowest BCUT2D eigenvalue weighted by Gasteiger charge is -2.26. The van der Waals surface area contributed by atoms with Crippen LogP contribution in [-0.4, -0.2) is 32.4 Å². The lowest BCUT2D eigenvalue weighted by Crippen LogP contribution is -2.38. The van der Waals surface area contributed by atoms with Crippen LogP contribution in [0.25, 0.3) is 0 Å². The summed E-state index contributed by atoms with van der Waals surface area (Å²) in [5.74, 6) is 0.549. The molecule has 0 bridgehead atoms. The first-order valence-corrected chi connectivity index (χ1v) is 8.64. The molecule has 1 aliphatic rings. The largest absolute Gasteiger partial charge is 0.316 e. The number of nitrogens with one attached hydrogen (secondary N) is 1. The van der Waals surface area contributed by atoms with Gasteiger partial charge in [-0.15, -0.1) is 0 Å². The Morgan fingerprint density at radius 3 is 2.60 bits per heavy atom. The van der Waals surface area contributed by atoms with Crippen molar-refractivity contribution < 1.29 is 8.42 Å². The summed E-state index contributed by atoms with van der Waals surface area (Å²) in [4.78, 5) is 0.402. The second kappa shape index (κ2) is 6.24. The Morgan fingerprint density at radius 1 is 1.35 bits per heavy atom. The van der Waals surface area contributed by atoms with E-state index in [-0.39, 0.29) is 6.04 Å². The summed E-state index contributed by atoms with van der Waals surface area (Å²) in [6, 6.07) is 7.21. The molecule has 1 aliphatic carbocycles. The number of nitrogens with zero attached hydrogens (tertiary/aromatic N) is 1. The topological polar surface area (TPSA) is 49.4 Å². The highest BCUT2D eigenvalue weighted by molar-refractivity contribution is 7.89. The van der Waals surface area contributed by atoms with Gasteiger partial charge >= 0.3 is 0 Å². The van der Waals surface area contributed by atoms with Crippen LogP contribution in [0.4, 0.5) is 0 Å². The molecule has 0 radical (unpaired) electrons. The smallest absolute Gasteiger partial charge is 0.243 e. The lowest BCUT2D eigenvalue weighted by atomic mass is 10.2. The normalized spacial score (nSPS) is 16.1. The van der Waals surface area contributed by atoms with Crippen molar-refractivity contribution in [2.24, 2.45) is 5.92 Å². The summed E-state index contributed by atoms with van der Waals surface area (Å²) in [5.41, 5.74) is 0.990. The Hall–Kier alpha value is -0.910. The van der Waals surface area contributed by atoms with E-state index in [4.69, 9.17) is 0 Å². The van der Waals surface area contributed by atoms with E-state index in [1.165, 1.54) is 0 Å². The summed E-state index contributed by atoms with van der Waals surface area (Å²) in [6.45, 7) is 5.21. The molecule has 2 rings (SSSR count). The minimum Gasteiger partial charge on any atom is -0.316 e. The highest BCUT2D eigenvalue weighted by atomic mass is 32.2. The highest BCUT2D eigenvalue weighted by Crippen LogP contribution is 2.32. The zero-order chi connectivity index (χ0) is 14.8. The average molecular weight is 296 g/mol. The van der Waals surface area contributed by atoms with Crippen molar-refractivity contribution in [3.63, 3.8) is 0 Å². The SMILES string of the molecule is CNCc1cccc(S(=O)(=O)N(CC2CC2)C(C)C)c1. The van der Waals surface area contributed by atoms with Crippen LogP contribution in [0.5, 0.6) is 0 Å². The molecule has 1 aromatic rings. The van der Waals surface area contributed by atoms with Crippen LogP contribution in [0.3, 0.4) is 0 Å². The van der Waals surface area contributed by atoms with Gasteiger partial charge in [0, 0.05) is 19.1 Å². The minimum absolute atomic E-state index is 0.00597. The monoisotopic (exact) mass is 296 g/mol. The molecule has 1 N–H and O–H groups in total. The molecule has 0 amide bonds. The molecule has 1 fully saturated rings. The molecule has 0 spiro atoms. The first-order chi connectivity index (χ1) is 9.45. The molecule has 5 heteroatoms. The summed E-state index contributed by atoms with van der Waals surface area (Å²) in [6.07, 6.45) is 2.30. The van der Waals surface area contributed by atoms with Gasteiger partial charge in [0.15, 0.2) is 0 Å². The molecule has 0 atom stereocenters. The zero-order valence-electron chi connectivity index (χ0n) is 12.5. The predicted octanol–water partition coefficient (Wildman–Crippen LogP) is 2.22. The third kappa shape index (κ3) is 3.59. The Morgan fingerprint density at radius 2 is 2.05 bits per heavy atom. The number of sulfonamides is 1. The molecule has 0 aromatic heterocycles. The fourth-order valence-corrected chi connectivity index (χ4v) is 4.08. The first-order valence-electron chi connectivity index (χ1n) is 7.20. The minimum atomic E-state index is -3.39. The van der Waals surface area contributed by atoms with Gasteiger partial charge in [-0.3, -0.25) is 0 Å². The van der Waals surface area contributed by atoms with Crippen molar-refractivity contribution in [1.82, 2.24) is 9.62 Å². The number of hydrogen-bond donors (Lipinski definition) is 1. The molecule has 0 heterocycles. The van der Waals surface area contributed by atoms with Crippen LogP contribution in [0.15, 0.2) is 29.2 Å². The number of hydrogen-bond acceptors (Lipinski definition) is 3. The van der Waals surface area contributed by atoms with E-state index in [0.29, 0.717) is 23.9 Å². The molecule has 0 saturated heterocycles. The third-order valence-electron chi connectivity index (χ3n) is 3.60. The van der Waals surface area contributed by atoms with Crippen LogP contribution in [-0.2, 0) is 16.6 Å². The van der Waals surface area contributed by atoms with E-state index in [0.717, 1.165) is 18.4 Å². The van der Waals surface area contributed by atoms with E-state index in [9.17, 15) is 8.42 Å². The Balaban J connectivity index is 2.28. The summed E-state index contributed by atoms with van der Waals surface area (Å²) in [7, 11) is -1.53. The fraction of sp³-hybridized carbons (Fsp3) is 0.600. The summed E-state index contributed by atoms with van der Waals surface area (Å²) < 4.78 is 27.2. The van der Waals surface area contributed by atoms with Gasteiger partial charge in [-0.2, -0.15) is 4.31 Å². The zero-order valence-corrected chi connectivity index (χ0v) is 13.3. The highest BCUT2D eigenvalue weighted by Gasteiger charge is 2.33. The predicted molar refractivity (Wildman–Crippen MR) is 81.0 cm³/mol. The summed E-state index contributed by atoms with van der Waals surface area (Å²) >= 11 is 0. The maximum atomic E-state index is 12.8. The van der Waals surface area contributed by atoms with Crippen LogP contribution >= 0.6 is 0 Å². The Labute approximate surface area is 122 Å². The van der Waals surface area contributed by atoms with Crippen molar-refractivity contribution in [3.8, 4) is 0 Å². The van der Waals surface area contributed by atoms with E-state index in [1.807, 2.05) is 33.0 Å². The second-order valence-electron chi connectivity index (χ2n) is 5.79. The number of rotatable bonds is 7. The van der Waals surface area contributed by atoms with E-state index < -0.39 is 10.0 Å². The average Bonchev–Trinajstić information content (AvgIpc) is 3.20. The van der Waals surface area contributed by atoms with Crippen molar-refractivity contribution in [3.05, 3.63) is 29.8 Å². The maximum absolute atomic E-state index is 12.8. The van der Waals surface area contributed by atoms with Gasteiger partial charge in [-0.25, -0.2) is 8.42 Å². The molecule has 0 aliphatic heterocycles. The van der Waals surface area contributed by atoms with Crippen LogP contribution < -0.4 is 5.32 Å². The van der Waals surface area contributed by atoms with Gasteiger partial charge in [0.05, 0.1) is 4.90 Å². The quantitative estimate of drug-likeness (QED) is 0.839. The van der Waals surface area contributed by atoms with Crippen LogP contribution in [0.1, 0.15) is 32.3 Å². The molecule has 4 nitrogen and oxygen atoms in total. The van der Waals surface area contributed by atoms with Gasteiger partial charge in [-0.1, -0.05) is 12.1 Å².